The monoisotopic (exact) mass is 312 g/mol. The predicted octanol–water partition coefficient (Wildman–Crippen LogP) is 2.25. The van der Waals surface area contributed by atoms with E-state index in [2.05, 4.69) is 20.3 Å². The molecule has 0 bridgehead atoms. The van der Waals surface area contributed by atoms with Crippen molar-refractivity contribution in [1.82, 2.24) is 20.3 Å². The topological polar surface area (TPSA) is 96.3 Å². The molecule has 0 saturated carbocycles. The van der Waals surface area contributed by atoms with E-state index in [0.717, 1.165) is 17.1 Å². The average molecular weight is 312 g/mol. The lowest BCUT2D eigenvalue weighted by atomic mass is 10.2. The molecule has 1 aromatic carbocycles. The molecular weight excluding hydrogens is 300 g/mol. The number of ether oxygens (including phenoxy) is 2. The standard InChI is InChI=1S/C15H12N4O4/c1-9-16-13(18-22-9)7-14-17-15(23-19-14)5-3-10-2-4-11-12(6-10)21-8-20-11/h2-6H,7-8H2,1H3/b5-3+. The van der Waals surface area contributed by atoms with Gasteiger partial charge < -0.3 is 18.5 Å². The van der Waals surface area contributed by atoms with Crippen LogP contribution < -0.4 is 9.47 Å². The number of fused-ring (bicyclic) bond motifs is 1. The van der Waals surface area contributed by atoms with Gasteiger partial charge in [-0.2, -0.15) is 9.97 Å². The molecule has 0 saturated heterocycles. The van der Waals surface area contributed by atoms with Gasteiger partial charge in [0.2, 0.25) is 12.7 Å². The second-order valence-electron chi connectivity index (χ2n) is 4.90. The number of nitrogens with zero attached hydrogens (tertiary/aromatic N) is 4. The van der Waals surface area contributed by atoms with Gasteiger partial charge in [-0.05, 0) is 23.8 Å². The Hall–Kier alpha value is -3.16. The van der Waals surface area contributed by atoms with Crippen LogP contribution in [0.15, 0.2) is 27.2 Å². The van der Waals surface area contributed by atoms with E-state index >= 15 is 0 Å². The fourth-order valence-corrected chi connectivity index (χ4v) is 2.15. The van der Waals surface area contributed by atoms with Gasteiger partial charge in [-0.1, -0.05) is 16.4 Å². The van der Waals surface area contributed by atoms with Crippen LogP contribution in [0.2, 0.25) is 0 Å². The van der Waals surface area contributed by atoms with Crippen molar-refractivity contribution in [1.29, 1.82) is 0 Å². The predicted molar refractivity (Wildman–Crippen MR) is 77.6 cm³/mol. The summed E-state index contributed by atoms with van der Waals surface area (Å²) in [7, 11) is 0. The molecule has 1 aliphatic rings. The maximum Gasteiger partial charge on any atom is 0.250 e. The highest BCUT2D eigenvalue weighted by molar-refractivity contribution is 5.68. The molecule has 0 atom stereocenters. The van der Waals surface area contributed by atoms with E-state index < -0.39 is 0 Å². The van der Waals surface area contributed by atoms with E-state index in [1.165, 1.54) is 0 Å². The zero-order chi connectivity index (χ0) is 15.6. The van der Waals surface area contributed by atoms with Crippen LogP contribution >= 0.6 is 0 Å². The maximum absolute atomic E-state index is 5.33. The minimum absolute atomic E-state index is 0.255. The fraction of sp³-hybridized carbons (Fsp3) is 0.200. The Balaban J connectivity index is 1.46. The van der Waals surface area contributed by atoms with Crippen molar-refractivity contribution in [2.24, 2.45) is 0 Å². The third kappa shape index (κ3) is 2.91. The summed E-state index contributed by atoms with van der Waals surface area (Å²) in [5.74, 6) is 3.40. The molecule has 8 heteroatoms. The molecule has 8 nitrogen and oxygen atoms in total. The van der Waals surface area contributed by atoms with E-state index in [1.54, 1.807) is 13.0 Å². The third-order valence-electron chi connectivity index (χ3n) is 3.18. The Morgan fingerprint density at radius 3 is 2.70 bits per heavy atom. The third-order valence-corrected chi connectivity index (χ3v) is 3.18. The fourth-order valence-electron chi connectivity index (χ4n) is 2.15. The summed E-state index contributed by atoms with van der Waals surface area (Å²) in [5.41, 5.74) is 0.947. The van der Waals surface area contributed by atoms with Gasteiger partial charge in [0.15, 0.2) is 23.1 Å². The molecular formula is C15H12N4O4. The van der Waals surface area contributed by atoms with Gasteiger partial charge in [0.05, 0.1) is 6.42 Å². The molecule has 0 aliphatic carbocycles. The van der Waals surface area contributed by atoms with Crippen molar-refractivity contribution < 1.29 is 18.5 Å². The van der Waals surface area contributed by atoms with E-state index in [4.69, 9.17) is 18.5 Å². The SMILES string of the molecule is Cc1nc(Cc2noc(/C=C/c3ccc4c(c3)OCO4)n2)no1. The first-order valence-corrected chi connectivity index (χ1v) is 6.96. The molecule has 0 unspecified atom stereocenters. The molecule has 2 aromatic heterocycles. The Kier molecular flexibility index (Phi) is 3.26. The minimum atomic E-state index is 0.255. The summed E-state index contributed by atoms with van der Waals surface area (Å²) in [6, 6.07) is 5.67. The van der Waals surface area contributed by atoms with Crippen LogP contribution in [0.1, 0.15) is 29.0 Å². The average Bonchev–Trinajstić information content (AvgIpc) is 3.26. The van der Waals surface area contributed by atoms with Crippen LogP contribution in [-0.4, -0.2) is 27.1 Å². The van der Waals surface area contributed by atoms with E-state index in [9.17, 15) is 0 Å². The molecule has 3 heterocycles. The van der Waals surface area contributed by atoms with Crippen LogP contribution in [0.5, 0.6) is 11.5 Å². The first kappa shape index (κ1) is 13.5. The minimum Gasteiger partial charge on any atom is -0.454 e. The van der Waals surface area contributed by atoms with Crippen LogP contribution in [0, 0.1) is 6.92 Å². The molecule has 1 aliphatic heterocycles. The Bertz CT molecular complexity index is 868. The van der Waals surface area contributed by atoms with Crippen LogP contribution in [0.3, 0.4) is 0 Å². The van der Waals surface area contributed by atoms with Gasteiger partial charge in [0.1, 0.15) is 0 Å². The van der Waals surface area contributed by atoms with Crippen LogP contribution in [-0.2, 0) is 6.42 Å². The molecule has 0 N–H and O–H groups in total. The maximum atomic E-state index is 5.33. The van der Waals surface area contributed by atoms with Gasteiger partial charge in [-0.25, -0.2) is 0 Å². The summed E-state index contributed by atoms with van der Waals surface area (Å²) >= 11 is 0. The van der Waals surface area contributed by atoms with Gasteiger partial charge in [0.25, 0.3) is 5.89 Å². The zero-order valence-electron chi connectivity index (χ0n) is 12.2. The normalized spacial score (nSPS) is 13.1. The quantitative estimate of drug-likeness (QED) is 0.723. The van der Waals surface area contributed by atoms with Crippen molar-refractivity contribution in [3.8, 4) is 11.5 Å². The van der Waals surface area contributed by atoms with Crippen molar-refractivity contribution in [3.63, 3.8) is 0 Å². The van der Waals surface area contributed by atoms with E-state index in [0.29, 0.717) is 29.9 Å². The number of aryl methyl sites for hydroxylation is 1. The molecule has 0 amide bonds. The molecule has 4 rings (SSSR count). The van der Waals surface area contributed by atoms with Crippen molar-refractivity contribution in [2.45, 2.75) is 13.3 Å². The Morgan fingerprint density at radius 2 is 1.83 bits per heavy atom. The van der Waals surface area contributed by atoms with Gasteiger partial charge in [0, 0.05) is 13.0 Å². The first-order chi connectivity index (χ1) is 11.3. The summed E-state index contributed by atoms with van der Waals surface area (Å²) in [4.78, 5) is 8.36. The molecule has 0 radical (unpaired) electrons. The number of hydrogen-bond acceptors (Lipinski definition) is 8. The number of benzene rings is 1. The van der Waals surface area contributed by atoms with Crippen LogP contribution in [0.4, 0.5) is 0 Å². The lowest BCUT2D eigenvalue weighted by molar-refractivity contribution is 0.174. The molecule has 3 aromatic rings. The number of rotatable bonds is 4. The largest absolute Gasteiger partial charge is 0.454 e. The highest BCUT2D eigenvalue weighted by Crippen LogP contribution is 2.32. The second kappa shape index (κ2) is 5.56. The van der Waals surface area contributed by atoms with Crippen molar-refractivity contribution in [3.05, 3.63) is 47.2 Å². The highest BCUT2D eigenvalue weighted by Gasteiger charge is 2.13. The van der Waals surface area contributed by atoms with Crippen LogP contribution in [0.25, 0.3) is 12.2 Å². The lowest BCUT2D eigenvalue weighted by Crippen LogP contribution is -1.93. The molecule has 0 fully saturated rings. The van der Waals surface area contributed by atoms with E-state index in [-0.39, 0.29) is 6.79 Å². The summed E-state index contributed by atoms with van der Waals surface area (Å²) < 4.78 is 20.7. The van der Waals surface area contributed by atoms with Gasteiger partial charge >= 0.3 is 0 Å². The molecule has 23 heavy (non-hydrogen) atoms. The highest BCUT2D eigenvalue weighted by atomic mass is 16.7. The second-order valence-corrected chi connectivity index (χ2v) is 4.90. The molecule has 0 spiro atoms. The Morgan fingerprint density at radius 1 is 1.00 bits per heavy atom. The summed E-state index contributed by atoms with van der Waals surface area (Å²) in [6.45, 7) is 1.98. The molecule has 116 valence electrons. The number of aromatic nitrogens is 4. The number of hydrogen-bond donors (Lipinski definition) is 0. The van der Waals surface area contributed by atoms with Crippen molar-refractivity contribution in [2.75, 3.05) is 6.79 Å². The van der Waals surface area contributed by atoms with Gasteiger partial charge in [-0.15, -0.1) is 0 Å². The smallest absolute Gasteiger partial charge is 0.250 e. The summed E-state index contributed by atoms with van der Waals surface area (Å²) in [5, 5.41) is 7.68. The lowest BCUT2D eigenvalue weighted by Gasteiger charge is -1.96. The summed E-state index contributed by atoms with van der Waals surface area (Å²) in [6.07, 6.45) is 3.95. The zero-order valence-corrected chi connectivity index (χ0v) is 12.2. The van der Waals surface area contributed by atoms with E-state index in [1.807, 2.05) is 24.3 Å². The Labute approximate surface area is 130 Å². The first-order valence-electron chi connectivity index (χ1n) is 6.96. The van der Waals surface area contributed by atoms with Gasteiger partial charge in [-0.3, -0.25) is 0 Å². The van der Waals surface area contributed by atoms with Crippen molar-refractivity contribution >= 4 is 12.2 Å².